The fourth-order valence-corrected chi connectivity index (χ4v) is 2.75. The Labute approximate surface area is 170 Å². The molecule has 1 heterocycles. The van der Waals surface area contributed by atoms with Gasteiger partial charge in [-0.15, -0.1) is 0 Å². The van der Waals surface area contributed by atoms with Crippen molar-refractivity contribution in [2.24, 2.45) is 0 Å². The lowest BCUT2D eigenvalue weighted by atomic mass is 10.1. The molecule has 7 nitrogen and oxygen atoms in total. The molecule has 1 atom stereocenters. The molecule has 0 spiro atoms. The Hall–Kier alpha value is -3.40. The molecule has 3 rings (SSSR count). The van der Waals surface area contributed by atoms with E-state index < -0.39 is 24.7 Å². The van der Waals surface area contributed by atoms with Crippen LogP contribution in [-0.4, -0.2) is 40.9 Å². The third-order valence-corrected chi connectivity index (χ3v) is 4.26. The van der Waals surface area contributed by atoms with E-state index in [1.54, 1.807) is 37.4 Å². The van der Waals surface area contributed by atoms with Gasteiger partial charge < -0.3 is 10.1 Å². The quantitative estimate of drug-likeness (QED) is 0.522. The van der Waals surface area contributed by atoms with Crippen molar-refractivity contribution in [3.8, 4) is 17.1 Å². The zero-order valence-electron chi connectivity index (χ0n) is 16.0. The number of ether oxygens (including phenoxy) is 1. The van der Waals surface area contributed by atoms with Crippen LogP contribution in [0, 0.1) is 0 Å². The minimum absolute atomic E-state index is 0.00564. The highest BCUT2D eigenvalue weighted by Gasteiger charge is 2.40. The van der Waals surface area contributed by atoms with Gasteiger partial charge in [-0.25, -0.2) is 4.98 Å². The number of alkyl halides is 3. The predicted octanol–water partition coefficient (Wildman–Crippen LogP) is 2.99. The van der Waals surface area contributed by atoms with Crippen molar-refractivity contribution < 1.29 is 22.7 Å². The Bertz CT molecular complexity index is 959. The highest BCUT2D eigenvalue weighted by Crippen LogP contribution is 2.32. The summed E-state index contributed by atoms with van der Waals surface area (Å²) in [5.41, 5.74) is 0.791. The van der Waals surface area contributed by atoms with Crippen LogP contribution >= 0.6 is 0 Å². The molecule has 0 aliphatic heterocycles. The molecule has 0 aliphatic rings. The molecule has 3 N–H and O–H groups in total. The number of hydrogen-bond acceptors (Lipinski definition) is 5. The molecule has 158 valence electrons. The largest absolute Gasteiger partial charge is 0.497 e. The van der Waals surface area contributed by atoms with Crippen molar-refractivity contribution in [3.05, 3.63) is 66.0 Å². The second-order valence-electron chi connectivity index (χ2n) is 6.38. The average Bonchev–Trinajstić information content (AvgIpc) is 3.21. The Morgan fingerprint density at radius 1 is 1.13 bits per heavy atom. The molecule has 0 saturated heterocycles. The molecule has 1 aromatic heterocycles. The van der Waals surface area contributed by atoms with Gasteiger partial charge in [0.25, 0.3) is 0 Å². The standard InChI is InChI=1S/C20H20F3N5O2/c1-30-15-9-7-14(8-10-15)19-26-16(27-28-19)11-24-17(29)12-25-18(20(21,22)23)13-5-3-2-4-6-13/h2-10,18,25H,11-12H2,1H3,(H,24,29)(H,26,27,28). The average molecular weight is 419 g/mol. The first-order chi connectivity index (χ1) is 14.4. The molecule has 1 amide bonds. The number of aromatic nitrogens is 3. The molecule has 3 aromatic rings. The summed E-state index contributed by atoms with van der Waals surface area (Å²) in [4.78, 5) is 16.3. The SMILES string of the molecule is COc1ccc(-c2n[nH]c(CNC(=O)CNC(c3ccccc3)C(F)(F)F)n2)cc1. The first kappa shape index (κ1) is 21.3. The maximum Gasteiger partial charge on any atom is 0.407 e. The van der Waals surface area contributed by atoms with E-state index in [4.69, 9.17) is 4.74 Å². The van der Waals surface area contributed by atoms with Crippen LogP contribution in [-0.2, 0) is 11.3 Å². The van der Waals surface area contributed by atoms with Gasteiger partial charge in [0.1, 0.15) is 17.6 Å². The molecule has 0 saturated carbocycles. The molecule has 1 unspecified atom stereocenters. The number of rotatable bonds is 8. The van der Waals surface area contributed by atoms with Crippen molar-refractivity contribution in [2.45, 2.75) is 18.8 Å². The Balaban J connectivity index is 1.53. The molecule has 0 aliphatic carbocycles. The lowest BCUT2D eigenvalue weighted by Crippen LogP contribution is -2.40. The van der Waals surface area contributed by atoms with E-state index in [0.29, 0.717) is 17.4 Å². The highest BCUT2D eigenvalue weighted by atomic mass is 19.4. The van der Waals surface area contributed by atoms with Gasteiger partial charge in [-0.3, -0.25) is 15.2 Å². The van der Waals surface area contributed by atoms with Gasteiger partial charge in [-0.2, -0.15) is 18.3 Å². The van der Waals surface area contributed by atoms with Crippen LogP contribution in [0.25, 0.3) is 11.4 Å². The fraction of sp³-hybridized carbons (Fsp3) is 0.250. The van der Waals surface area contributed by atoms with Gasteiger partial charge >= 0.3 is 6.18 Å². The van der Waals surface area contributed by atoms with Crippen LogP contribution < -0.4 is 15.4 Å². The first-order valence-corrected chi connectivity index (χ1v) is 9.04. The lowest BCUT2D eigenvalue weighted by molar-refractivity contribution is -0.158. The second-order valence-corrected chi connectivity index (χ2v) is 6.38. The zero-order valence-corrected chi connectivity index (χ0v) is 16.0. The summed E-state index contributed by atoms with van der Waals surface area (Å²) in [6.07, 6.45) is -4.53. The van der Waals surface area contributed by atoms with E-state index in [9.17, 15) is 18.0 Å². The number of carbonyl (C=O) groups is 1. The van der Waals surface area contributed by atoms with Gasteiger partial charge in [-0.05, 0) is 29.8 Å². The molecule has 0 radical (unpaired) electrons. The topological polar surface area (TPSA) is 91.9 Å². The highest BCUT2D eigenvalue weighted by molar-refractivity contribution is 5.78. The van der Waals surface area contributed by atoms with Crippen LogP contribution in [0.3, 0.4) is 0 Å². The number of H-pyrrole nitrogens is 1. The predicted molar refractivity (Wildman–Crippen MR) is 103 cm³/mol. The number of methoxy groups -OCH3 is 1. The van der Waals surface area contributed by atoms with Gasteiger partial charge in [-0.1, -0.05) is 30.3 Å². The minimum Gasteiger partial charge on any atom is -0.497 e. The molecule has 2 aromatic carbocycles. The third kappa shape index (κ3) is 5.57. The summed E-state index contributed by atoms with van der Waals surface area (Å²) < 4.78 is 45.0. The summed E-state index contributed by atoms with van der Waals surface area (Å²) in [5, 5.41) is 11.5. The summed E-state index contributed by atoms with van der Waals surface area (Å²) in [6, 6.07) is 12.5. The summed E-state index contributed by atoms with van der Waals surface area (Å²) in [7, 11) is 1.56. The monoisotopic (exact) mass is 419 g/mol. The number of amides is 1. The molecule has 30 heavy (non-hydrogen) atoms. The molecule has 0 bridgehead atoms. The van der Waals surface area contributed by atoms with Gasteiger partial charge in [0.05, 0.1) is 20.2 Å². The number of nitrogens with zero attached hydrogens (tertiary/aromatic N) is 2. The lowest BCUT2D eigenvalue weighted by Gasteiger charge is -2.21. The Kier molecular flexibility index (Phi) is 6.68. The molecule has 10 heteroatoms. The van der Waals surface area contributed by atoms with Crippen LogP contribution in [0.5, 0.6) is 5.75 Å². The number of nitrogens with one attached hydrogen (secondary N) is 3. The number of carbonyl (C=O) groups excluding carboxylic acids is 1. The zero-order chi connectivity index (χ0) is 21.6. The van der Waals surface area contributed by atoms with Crippen LogP contribution in [0.1, 0.15) is 17.4 Å². The van der Waals surface area contributed by atoms with Crippen molar-refractivity contribution in [3.63, 3.8) is 0 Å². The van der Waals surface area contributed by atoms with E-state index in [-0.39, 0.29) is 12.1 Å². The normalized spacial score (nSPS) is 12.4. The van der Waals surface area contributed by atoms with E-state index in [1.165, 1.54) is 24.3 Å². The Morgan fingerprint density at radius 3 is 2.47 bits per heavy atom. The molecule has 0 fully saturated rings. The van der Waals surface area contributed by atoms with Crippen LogP contribution in [0.2, 0.25) is 0 Å². The van der Waals surface area contributed by atoms with Crippen molar-refractivity contribution in [1.82, 2.24) is 25.8 Å². The summed E-state index contributed by atoms with van der Waals surface area (Å²) in [6.45, 7) is -0.496. The molecular formula is C20H20F3N5O2. The summed E-state index contributed by atoms with van der Waals surface area (Å²) in [5.74, 6) is 0.912. The number of hydrogen-bond donors (Lipinski definition) is 3. The van der Waals surface area contributed by atoms with Crippen LogP contribution in [0.4, 0.5) is 13.2 Å². The number of benzene rings is 2. The minimum atomic E-state index is -4.53. The maximum absolute atomic E-state index is 13.3. The van der Waals surface area contributed by atoms with E-state index in [0.717, 1.165) is 5.56 Å². The van der Waals surface area contributed by atoms with E-state index >= 15 is 0 Å². The number of halogens is 3. The number of aromatic amines is 1. The van der Waals surface area contributed by atoms with E-state index in [2.05, 4.69) is 25.8 Å². The summed E-state index contributed by atoms with van der Waals surface area (Å²) >= 11 is 0. The maximum atomic E-state index is 13.3. The molecular weight excluding hydrogens is 399 g/mol. The van der Waals surface area contributed by atoms with Crippen LogP contribution in [0.15, 0.2) is 54.6 Å². The van der Waals surface area contributed by atoms with Gasteiger partial charge in [0.15, 0.2) is 5.82 Å². The van der Waals surface area contributed by atoms with Crippen molar-refractivity contribution >= 4 is 5.91 Å². The van der Waals surface area contributed by atoms with Crippen molar-refractivity contribution in [2.75, 3.05) is 13.7 Å². The van der Waals surface area contributed by atoms with Crippen molar-refractivity contribution in [1.29, 1.82) is 0 Å². The fourth-order valence-electron chi connectivity index (χ4n) is 2.75. The second kappa shape index (κ2) is 9.40. The van der Waals surface area contributed by atoms with Gasteiger partial charge in [0.2, 0.25) is 5.91 Å². The van der Waals surface area contributed by atoms with E-state index in [1.807, 2.05) is 0 Å². The Morgan fingerprint density at radius 2 is 1.83 bits per heavy atom. The van der Waals surface area contributed by atoms with Gasteiger partial charge in [0, 0.05) is 5.56 Å². The smallest absolute Gasteiger partial charge is 0.407 e. The third-order valence-electron chi connectivity index (χ3n) is 4.26. The first-order valence-electron chi connectivity index (χ1n) is 9.04.